The van der Waals surface area contributed by atoms with Gasteiger partial charge in [0.1, 0.15) is 0 Å². The lowest BCUT2D eigenvalue weighted by molar-refractivity contribution is 0.394. The Morgan fingerprint density at radius 1 is 1.30 bits per heavy atom. The Kier molecular flexibility index (Phi) is 3.83. The monoisotopic (exact) mass is 270 g/mol. The van der Waals surface area contributed by atoms with Gasteiger partial charge in [0.2, 0.25) is 0 Å². The van der Waals surface area contributed by atoms with Crippen molar-refractivity contribution < 1.29 is 0 Å². The van der Waals surface area contributed by atoms with Gasteiger partial charge in [0, 0.05) is 25.5 Å². The minimum absolute atomic E-state index is 0.784. The van der Waals surface area contributed by atoms with Gasteiger partial charge >= 0.3 is 0 Å². The van der Waals surface area contributed by atoms with Crippen LogP contribution in [0, 0.1) is 5.92 Å². The highest BCUT2D eigenvalue weighted by Crippen LogP contribution is 2.22. The molecule has 3 rings (SSSR count). The van der Waals surface area contributed by atoms with Crippen LogP contribution in [0.4, 0.5) is 0 Å². The van der Waals surface area contributed by atoms with Crippen LogP contribution in [0.5, 0.6) is 0 Å². The van der Waals surface area contributed by atoms with Crippen LogP contribution in [0.1, 0.15) is 18.9 Å². The summed E-state index contributed by atoms with van der Waals surface area (Å²) in [6.45, 7) is 5.42. The fourth-order valence-electron chi connectivity index (χ4n) is 3.07. The molecule has 1 saturated heterocycles. The summed E-state index contributed by atoms with van der Waals surface area (Å²) < 4.78 is 2.00. The average Bonchev–Trinajstić information content (AvgIpc) is 3.08. The second kappa shape index (κ2) is 5.75. The Morgan fingerprint density at radius 3 is 2.95 bits per heavy atom. The fraction of sp³-hybridized carbons (Fsp3) is 0.500. The lowest BCUT2D eigenvalue weighted by Gasteiger charge is -2.11. The summed E-state index contributed by atoms with van der Waals surface area (Å²) in [5.41, 5.74) is 3.53. The van der Waals surface area contributed by atoms with E-state index in [2.05, 4.69) is 41.1 Å². The zero-order valence-corrected chi connectivity index (χ0v) is 12.3. The Bertz CT molecular complexity index is 575. The van der Waals surface area contributed by atoms with Crippen LogP contribution in [-0.2, 0) is 13.0 Å². The van der Waals surface area contributed by atoms with E-state index in [0.717, 1.165) is 30.3 Å². The minimum Gasteiger partial charge on any atom is -0.306 e. The third-order valence-electron chi connectivity index (χ3n) is 4.12. The van der Waals surface area contributed by atoms with E-state index in [1.807, 2.05) is 23.1 Å². The number of likely N-dealkylation sites (tertiary alicyclic amines) is 1. The van der Waals surface area contributed by atoms with Crippen LogP contribution in [0.3, 0.4) is 0 Å². The summed E-state index contributed by atoms with van der Waals surface area (Å²) in [4.78, 5) is 6.92. The highest BCUT2D eigenvalue weighted by molar-refractivity contribution is 5.54. The third kappa shape index (κ3) is 2.75. The van der Waals surface area contributed by atoms with E-state index in [-0.39, 0.29) is 0 Å². The predicted octanol–water partition coefficient (Wildman–Crippen LogP) is 2.46. The highest BCUT2D eigenvalue weighted by Gasteiger charge is 2.19. The third-order valence-corrected chi connectivity index (χ3v) is 4.12. The highest BCUT2D eigenvalue weighted by atomic mass is 15.3. The predicted molar refractivity (Wildman–Crippen MR) is 80.4 cm³/mol. The van der Waals surface area contributed by atoms with Crippen LogP contribution in [0.25, 0.3) is 11.4 Å². The van der Waals surface area contributed by atoms with Crippen molar-refractivity contribution in [1.82, 2.24) is 19.7 Å². The summed E-state index contributed by atoms with van der Waals surface area (Å²) in [6.07, 6.45) is 6.23. The first-order chi connectivity index (χ1) is 9.76. The quantitative estimate of drug-likeness (QED) is 0.856. The van der Waals surface area contributed by atoms with Crippen LogP contribution in [0.2, 0.25) is 0 Å². The van der Waals surface area contributed by atoms with Gasteiger partial charge < -0.3 is 4.90 Å². The molecule has 4 nitrogen and oxygen atoms in total. The molecule has 0 aromatic carbocycles. The van der Waals surface area contributed by atoms with Gasteiger partial charge in [0.25, 0.3) is 0 Å². The number of nitrogens with zero attached hydrogens (tertiary/aromatic N) is 4. The summed E-state index contributed by atoms with van der Waals surface area (Å²) in [6, 6.07) is 6.41. The molecular formula is C16H22N4. The van der Waals surface area contributed by atoms with Crippen molar-refractivity contribution >= 4 is 0 Å². The number of rotatable bonds is 4. The average molecular weight is 270 g/mol. The van der Waals surface area contributed by atoms with Crippen molar-refractivity contribution in [3.63, 3.8) is 0 Å². The van der Waals surface area contributed by atoms with Gasteiger partial charge in [-0.1, -0.05) is 0 Å². The van der Waals surface area contributed by atoms with Gasteiger partial charge in [-0.15, -0.1) is 0 Å². The molecule has 4 heteroatoms. The Hall–Kier alpha value is -1.68. The Labute approximate surface area is 120 Å². The molecule has 0 amide bonds. The molecule has 3 heterocycles. The number of hydrogen-bond acceptors (Lipinski definition) is 3. The maximum atomic E-state index is 4.51. The van der Waals surface area contributed by atoms with E-state index in [1.165, 1.54) is 25.1 Å². The van der Waals surface area contributed by atoms with E-state index in [0.29, 0.717) is 0 Å². The normalized spacial score (nSPS) is 19.6. The molecule has 1 fully saturated rings. The largest absolute Gasteiger partial charge is 0.306 e. The topological polar surface area (TPSA) is 34.0 Å². The Balaban J connectivity index is 1.79. The molecule has 0 spiro atoms. The zero-order valence-electron chi connectivity index (χ0n) is 12.3. The van der Waals surface area contributed by atoms with Crippen molar-refractivity contribution in [2.45, 2.75) is 26.3 Å². The summed E-state index contributed by atoms with van der Waals surface area (Å²) >= 11 is 0. The second-order valence-corrected chi connectivity index (χ2v) is 5.70. The van der Waals surface area contributed by atoms with E-state index >= 15 is 0 Å². The lowest BCUT2D eigenvalue weighted by Crippen LogP contribution is -2.15. The van der Waals surface area contributed by atoms with Crippen LogP contribution in [-0.4, -0.2) is 39.8 Å². The number of hydrogen-bond donors (Lipinski definition) is 0. The van der Waals surface area contributed by atoms with Gasteiger partial charge in [0.15, 0.2) is 0 Å². The van der Waals surface area contributed by atoms with Gasteiger partial charge in [-0.2, -0.15) is 5.10 Å². The van der Waals surface area contributed by atoms with E-state index in [4.69, 9.17) is 0 Å². The second-order valence-electron chi connectivity index (χ2n) is 5.70. The molecule has 2 aromatic rings. The molecule has 2 aromatic heterocycles. The van der Waals surface area contributed by atoms with Crippen LogP contribution < -0.4 is 0 Å². The Morgan fingerprint density at radius 2 is 2.20 bits per heavy atom. The molecule has 0 bridgehead atoms. The van der Waals surface area contributed by atoms with Crippen molar-refractivity contribution in [3.05, 3.63) is 36.2 Å². The van der Waals surface area contributed by atoms with E-state index < -0.39 is 0 Å². The first-order valence-electron chi connectivity index (χ1n) is 7.42. The van der Waals surface area contributed by atoms with E-state index in [9.17, 15) is 0 Å². The molecule has 1 atom stereocenters. The smallest absolute Gasteiger partial charge is 0.0885 e. The fourth-order valence-corrected chi connectivity index (χ4v) is 3.07. The molecule has 0 saturated carbocycles. The maximum absolute atomic E-state index is 4.51. The summed E-state index contributed by atoms with van der Waals surface area (Å²) in [5, 5.41) is 4.32. The molecular weight excluding hydrogens is 248 g/mol. The van der Waals surface area contributed by atoms with Crippen LogP contribution >= 0.6 is 0 Å². The summed E-state index contributed by atoms with van der Waals surface area (Å²) in [7, 11) is 2.21. The minimum atomic E-state index is 0.784. The molecule has 0 aliphatic carbocycles. The SMILES string of the molecule is CCn1nccc1-c1cc(C[C@@H]2CCN(C)C2)ccn1. The van der Waals surface area contributed by atoms with E-state index in [1.54, 1.807) is 0 Å². The zero-order chi connectivity index (χ0) is 13.9. The molecule has 0 radical (unpaired) electrons. The molecule has 0 unspecified atom stereocenters. The maximum Gasteiger partial charge on any atom is 0.0885 e. The standard InChI is InChI=1S/C16H22N4/c1-3-20-16(5-8-18-20)15-11-13(4-7-17-15)10-14-6-9-19(2)12-14/h4-5,7-8,11,14H,3,6,9-10,12H2,1-2H3/t14-/m0/s1. The number of aromatic nitrogens is 3. The van der Waals surface area contributed by atoms with Gasteiger partial charge in [-0.25, -0.2) is 0 Å². The molecule has 0 N–H and O–H groups in total. The number of aryl methyl sites for hydroxylation is 1. The van der Waals surface area contributed by atoms with Crippen molar-refractivity contribution in [2.24, 2.45) is 5.92 Å². The molecule has 1 aliphatic rings. The van der Waals surface area contributed by atoms with Gasteiger partial charge in [0.05, 0.1) is 11.4 Å². The van der Waals surface area contributed by atoms with Gasteiger partial charge in [-0.05, 0) is 63.0 Å². The van der Waals surface area contributed by atoms with Crippen molar-refractivity contribution in [1.29, 1.82) is 0 Å². The molecule has 20 heavy (non-hydrogen) atoms. The van der Waals surface area contributed by atoms with Crippen LogP contribution in [0.15, 0.2) is 30.6 Å². The summed E-state index contributed by atoms with van der Waals surface area (Å²) in [5.74, 6) is 0.784. The molecule has 1 aliphatic heterocycles. The van der Waals surface area contributed by atoms with Gasteiger partial charge in [-0.3, -0.25) is 9.67 Å². The first kappa shape index (κ1) is 13.3. The van der Waals surface area contributed by atoms with Crippen molar-refractivity contribution in [3.8, 4) is 11.4 Å². The first-order valence-corrected chi connectivity index (χ1v) is 7.42. The lowest BCUT2D eigenvalue weighted by atomic mass is 9.98. The molecule has 106 valence electrons. The number of pyridine rings is 1. The van der Waals surface area contributed by atoms with Crippen molar-refractivity contribution in [2.75, 3.05) is 20.1 Å².